The lowest BCUT2D eigenvalue weighted by atomic mass is 10.1. The van der Waals surface area contributed by atoms with Crippen LogP contribution in [-0.4, -0.2) is 43.9 Å². The quantitative estimate of drug-likeness (QED) is 0.812. The van der Waals surface area contributed by atoms with Crippen LogP contribution in [0.25, 0.3) is 0 Å². The summed E-state index contributed by atoms with van der Waals surface area (Å²) in [5.41, 5.74) is 3.01. The molecule has 1 N–H and O–H groups in total. The number of nitrogens with one attached hydrogen (secondary N) is 1. The van der Waals surface area contributed by atoms with Crippen molar-refractivity contribution in [1.29, 1.82) is 0 Å². The highest BCUT2D eigenvalue weighted by molar-refractivity contribution is 7.89. The topological polar surface area (TPSA) is 52.7 Å². The van der Waals surface area contributed by atoms with Gasteiger partial charge in [0, 0.05) is 33.4 Å². The van der Waals surface area contributed by atoms with Crippen molar-refractivity contribution in [1.82, 2.24) is 9.21 Å². The molecular weight excluding hydrogens is 354 g/mol. The molecule has 2 aromatic rings. The van der Waals surface area contributed by atoms with E-state index in [9.17, 15) is 8.42 Å². The molecule has 0 saturated carbocycles. The Labute approximate surface area is 155 Å². The van der Waals surface area contributed by atoms with Crippen LogP contribution >= 0.6 is 12.2 Å². The zero-order valence-electron chi connectivity index (χ0n) is 14.9. The predicted molar refractivity (Wildman–Crippen MR) is 106 cm³/mol. The normalized spacial score (nSPS) is 11.4. The SMILES string of the molecule is Cc1ccc(CN(C)C(=S)Nc2cccc(S(=O)(=O)N(C)C)c2)cc1. The van der Waals surface area contributed by atoms with Crippen molar-refractivity contribution in [2.24, 2.45) is 0 Å². The van der Waals surface area contributed by atoms with Crippen LogP contribution in [0.1, 0.15) is 11.1 Å². The van der Waals surface area contributed by atoms with Crippen LogP contribution in [0.2, 0.25) is 0 Å². The molecule has 25 heavy (non-hydrogen) atoms. The molecule has 2 rings (SSSR count). The molecule has 2 aromatic carbocycles. The number of hydrogen-bond donors (Lipinski definition) is 1. The second-order valence-corrected chi connectivity index (χ2v) is 8.63. The van der Waals surface area contributed by atoms with Crippen molar-refractivity contribution in [2.45, 2.75) is 18.4 Å². The van der Waals surface area contributed by atoms with Crippen molar-refractivity contribution < 1.29 is 8.42 Å². The summed E-state index contributed by atoms with van der Waals surface area (Å²) in [6, 6.07) is 14.9. The molecule has 0 spiro atoms. The van der Waals surface area contributed by atoms with Gasteiger partial charge in [0.15, 0.2) is 5.11 Å². The zero-order chi connectivity index (χ0) is 18.6. The fourth-order valence-corrected chi connectivity index (χ4v) is 3.33. The first kappa shape index (κ1) is 19.4. The Morgan fingerprint density at radius 3 is 2.32 bits per heavy atom. The molecule has 0 heterocycles. The number of hydrogen-bond acceptors (Lipinski definition) is 3. The maximum atomic E-state index is 12.2. The highest BCUT2D eigenvalue weighted by Crippen LogP contribution is 2.18. The first-order valence-corrected chi connectivity index (χ1v) is 9.65. The Hall–Kier alpha value is -1.96. The molecule has 0 atom stereocenters. The minimum Gasteiger partial charge on any atom is -0.348 e. The second kappa shape index (κ2) is 7.95. The van der Waals surface area contributed by atoms with Crippen molar-refractivity contribution in [3.63, 3.8) is 0 Å². The third kappa shape index (κ3) is 5.01. The van der Waals surface area contributed by atoms with Gasteiger partial charge in [-0.3, -0.25) is 0 Å². The average Bonchev–Trinajstić information content (AvgIpc) is 2.57. The summed E-state index contributed by atoms with van der Waals surface area (Å²) in [5.74, 6) is 0. The number of anilines is 1. The molecule has 0 aliphatic carbocycles. The number of aryl methyl sites for hydroxylation is 1. The average molecular weight is 378 g/mol. The van der Waals surface area contributed by atoms with Crippen molar-refractivity contribution in [2.75, 3.05) is 26.5 Å². The molecule has 0 amide bonds. The zero-order valence-corrected chi connectivity index (χ0v) is 16.5. The van der Waals surface area contributed by atoms with E-state index in [1.165, 1.54) is 24.0 Å². The van der Waals surface area contributed by atoms with Crippen LogP contribution in [-0.2, 0) is 16.6 Å². The Morgan fingerprint density at radius 2 is 1.72 bits per heavy atom. The predicted octanol–water partition coefficient (Wildman–Crippen LogP) is 3.07. The van der Waals surface area contributed by atoms with Crippen LogP contribution in [0.5, 0.6) is 0 Å². The molecule has 7 heteroatoms. The summed E-state index contributed by atoms with van der Waals surface area (Å²) in [6.07, 6.45) is 0. The molecule has 0 fully saturated rings. The maximum Gasteiger partial charge on any atom is 0.242 e. The Balaban J connectivity index is 2.08. The van der Waals surface area contributed by atoms with Gasteiger partial charge in [-0.2, -0.15) is 0 Å². The summed E-state index contributed by atoms with van der Waals surface area (Å²) < 4.78 is 25.6. The van der Waals surface area contributed by atoms with E-state index in [0.29, 0.717) is 17.3 Å². The van der Waals surface area contributed by atoms with Crippen molar-refractivity contribution in [3.8, 4) is 0 Å². The summed E-state index contributed by atoms with van der Waals surface area (Å²) in [6.45, 7) is 2.72. The van der Waals surface area contributed by atoms with Gasteiger partial charge < -0.3 is 10.2 Å². The van der Waals surface area contributed by atoms with Crippen molar-refractivity contribution >= 4 is 33.0 Å². The first-order valence-electron chi connectivity index (χ1n) is 7.80. The van der Waals surface area contributed by atoms with E-state index in [1.54, 1.807) is 24.3 Å². The van der Waals surface area contributed by atoms with Crippen LogP contribution in [0.15, 0.2) is 53.4 Å². The lowest BCUT2D eigenvalue weighted by molar-refractivity contribution is 0.508. The van der Waals surface area contributed by atoms with E-state index in [2.05, 4.69) is 36.5 Å². The third-order valence-electron chi connectivity index (χ3n) is 3.75. The molecule has 5 nitrogen and oxygen atoms in total. The minimum absolute atomic E-state index is 0.228. The van der Waals surface area contributed by atoms with Gasteiger partial charge in [0.1, 0.15) is 0 Å². The Bertz CT molecular complexity index is 847. The van der Waals surface area contributed by atoms with E-state index in [4.69, 9.17) is 12.2 Å². The van der Waals surface area contributed by atoms with E-state index >= 15 is 0 Å². The molecule has 0 aromatic heterocycles. The van der Waals surface area contributed by atoms with Gasteiger partial charge >= 0.3 is 0 Å². The number of nitrogens with zero attached hydrogens (tertiary/aromatic N) is 2. The van der Waals surface area contributed by atoms with E-state index < -0.39 is 10.0 Å². The number of benzene rings is 2. The minimum atomic E-state index is -3.47. The molecule has 0 aliphatic heterocycles. The van der Waals surface area contributed by atoms with Crippen LogP contribution < -0.4 is 5.32 Å². The van der Waals surface area contributed by atoms with Crippen LogP contribution in [0.4, 0.5) is 5.69 Å². The summed E-state index contributed by atoms with van der Waals surface area (Å²) in [4.78, 5) is 2.14. The molecule has 0 bridgehead atoms. The van der Waals surface area contributed by atoms with E-state index in [-0.39, 0.29) is 4.90 Å². The van der Waals surface area contributed by atoms with Crippen LogP contribution in [0.3, 0.4) is 0 Å². The molecule has 0 unspecified atom stereocenters. The third-order valence-corrected chi connectivity index (χ3v) is 5.98. The highest BCUT2D eigenvalue weighted by atomic mass is 32.2. The monoisotopic (exact) mass is 377 g/mol. The first-order chi connectivity index (χ1) is 11.7. The molecule has 0 radical (unpaired) electrons. The lowest BCUT2D eigenvalue weighted by Crippen LogP contribution is -2.30. The fourth-order valence-electron chi connectivity index (χ4n) is 2.20. The highest BCUT2D eigenvalue weighted by Gasteiger charge is 2.17. The smallest absolute Gasteiger partial charge is 0.242 e. The van der Waals surface area contributed by atoms with Gasteiger partial charge in [0.25, 0.3) is 0 Å². The van der Waals surface area contributed by atoms with E-state index in [0.717, 1.165) is 5.56 Å². The van der Waals surface area contributed by atoms with Gasteiger partial charge in [-0.05, 0) is 42.9 Å². The number of rotatable bonds is 5. The summed E-state index contributed by atoms with van der Waals surface area (Å²) in [7, 11) is 1.45. The molecule has 0 aliphatic rings. The Morgan fingerprint density at radius 1 is 1.08 bits per heavy atom. The van der Waals surface area contributed by atoms with Crippen molar-refractivity contribution in [3.05, 3.63) is 59.7 Å². The molecular formula is C18H23N3O2S2. The summed E-state index contributed by atoms with van der Waals surface area (Å²) >= 11 is 5.43. The standard InChI is InChI=1S/C18H23N3O2S2/c1-14-8-10-15(11-9-14)13-21(4)18(24)19-16-6-5-7-17(12-16)25(22,23)20(2)3/h5-12H,13H2,1-4H3,(H,19,24). The second-order valence-electron chi connectivity index (χ2n) is 6.09. The summed E-state index contributed by atoms with van der Waals surface area (Å²) in [5, 5.41) is 3.63. The van der Waals surface area contributed by atoms with E-state index in [1.807, 2.05) is 11.9 Å². The fraction of sp³-hybridized carbons (Fsp3) is 0.278. The van der Waals surface area contributed by atoms with Gasteiger partial charge in [-0.25, -0.2) is 12.7 Å². The van der Waals surface area contributed by atoms with Gasteiger partial charge in [-0.15, -0.1) is 0 Å². The van der Waals surface area contributed by atoms with Crippen LogP contribution in [0, 0.1) is 6.92 Å². The van der Waals surface area contributed by atoms with Gasteiger partial charge in [0.05, 0.1) is 4.90 Å². The Kier molecular flexibility index (Phi) is 6.16. The number of thiocarbonyl (C=S) groups is 1. The van der Waals surface area contributed by atoms with Gasteiger partial charge in [-0.1, -0.05) is 35.9 Å². The molecule has 0 saturated heterocycles. The lowest BCUT2D eigenvalue weighted by Gasteiger charge is -2.21. The number of sulfonamides is 1. The van der Waals surface area contributed by atoms with Gasteiger partial charge in [0.2, 0.25) is 10.0 Å². The molecule has 134 valence electrons. The largest absolute Gasteiger partial charge is 0.348 e. The maximum absolute atomic E-state index is 12.2.